The van der Waals surface area contributed by atoms with Gasteiger partial charge >= 0.3 is 0 Å². The van der Waals surface area contributed by atoms with Crippen LogP contribution in [0.4, 0.5) is 5.69 Å². The van der Waals surface area contributed by atoms with E-state index in [1.165, 1.54) is 11.8 Å². The number of benzene rings is 3. The highest BCUT2D eigenvalue weighted by Gasteiger charge is 2.15. The lowest BCUT2D eigenvalue weighted by Gasteiger charge is -2.11. The highest BCUT2D eigenvalue weighted by atomic mass is 79.9. The SMILES string of the molecule is O=C(Nc1ccccc1Sc1nc(Br)nn1Cc1ccccc1)c1cccc(Cl)c1. The number of carbonyl (C=O) groups excluding carboxylic acids is 1. The largest absolute Gasteiger partial charge is 0.321 e. The molecule has 1 amide bonds. The molecule has 8 heteroatoms. The predicted octanol–water partition coefficient (Wildman–Crippen LogP) is 6.15. The van der Waals surface area contributed by atoms with Gasteiger partial charge in [0, 0.05) is 15.5 Å². The van der Waals surface area contributed by atoms with Gasteiger partial charge in [0.25, 0.3) is 5.91 Å². The Morgan fingerprint density at radius 2 is 1.80 bits per heavy atom. The molecule has 5 nitrogen and oxygen atoms in total. The fraction of sp³-hybridized carbons (Fsp3) is 0.0455. The molecular weight excluding hydrogens is 484 g/mol. The van der Waals surface area contributed by atoms with Crippen LogP contribution in [-0.2, 0) is 6.54 Å². The summed E-state index contributed by atoms with van der Waals surface area (Å²) in [5.41, 5.74) is 2.31. The monoisotopic (exact) mass is 498 g/mol. The maximum atomic E-state index is 12.7. The van der Waals surface area contributed by atoms with Gasteiger partial charge in [0.05, 0.1) is 12.2 Å². The Morgan fingerprint density at radius 3 is 2.60 bits per heavy atom. The van der Waals surface area contributed by atoms with Gasteiger partial charge in [-0.1, -0.05) is 60.1 Å². The van der Waals surface area contributed by atoms with Crippen LogP contribution in [0.1, 0.15) is 15.9 Å². The van der Waals surface area contributed by atoms with Gasteiger partial charge in [0.1, 0.15) is 0 Å². The van der Waals surface area contributed by atoms with E-state index in [9.17, 15) is 4.79 Å². The highest BCUT2D eigenvalue weighted by molar-refractivity contribution is 9.10. The summed E-state index contributed by atoms with van der Waals surface area (Å²) >= 11 is 10.8. The molecule has 1 aromatic heterocycles. The van der Waals surface area contributed by atoms with Crippen molar-refractivity contribution in [2.45, 2.75) is 16.6 Å². The second-order valence-corrected chi connectivity index (χ2v) is 8.52. The summed E-state index contributed by atoms with van der Waals surface area (Å²) in [6.45, 7) is 0.596. The Kier molecular flexibility index (Phi) is 6.52. The van der Waals surface area contributed by atoms with Crippen LogP contribution in [0.3, 0.4) is 0 Å². The third-order valence-electron chi connectivity index (χ3n) is 4.21. The third-order valence-corrected chi connectivity index (χ3v) is 5.84. The van der Waals surface area contributed by atoms with Crippen molar-refractivity contribution in [3.05, 3.63) is 99.7 Å². The molecule has 4 rings (SSSR count). The number of amides is 1. The lowest BCUT2D eigenvalue weighted by molar-refractivity contribution is 0.102. The quantitative estimate of drug-likeness (QED) is 0.346. The van der Waals surface area contributed by atoms with Gasteiger partial charge in [-0.3, -0.25) is 4.79 Å². The first kappa shape index (κ1) is 20.7. The molecule has 0 aliphatic rings. The van der Waals surface area contributed by atoms with Gasteiger partial charge in [0.15, 0.2) is 5.16 Å². The van der Waals surface area contributed by atoms with Gasteiger partial charge in [-0.15, -0.1) is 5.10 Å². The maximum absolute atomic E-state index is 12.7. The smallest absolute Gasteiger partial charge is 0.255 e. The second kappa shape index (κ2) is 9.47. The standard InChI is InChI=1S/C22H16BrClN4OS/c23-21-26-22(28(27-21)14-15-7-2-1-3-8-15)30-19-12-5-4-11-18(19)25-20(29)16-9-6-10-17(24)13-16/h1-13H,14H2,(H,25,29). The number of rotatable bonds is 6. The summed E-state index contributed by atoms with van der Waals surface area (Å²) < 4.78 is 2.35. The van der Waals surface area contributed by atoms with E-state index < -0.39 is 0 Å². The zero-order valence-electron chi connectivity index (χ0n) is 15.6. The molecule has 0 saturated heterocycles. The number of halogens is 2. The van der Waals surface area contributed by atoms with Crippen LogP contribution in [0.2, 0.25) is 5.02 Å². The van der Waals surface area contributed by atoms with Gasteiger partial charge in [-0.25, -0.2) is 4.68 Å². The Labute approximate surface area is 191 Å². The maximum Gasteiger partial charge on any atom is 0.255 e. The number of anilines is 1. The lowest BCUT2D eigenvalue weighted by atomic mass is 10.2. The van der Waals surface area contributed by atoms with E-state index >= 15 is 0 Å². The van der Waals surface area contributed by atoms with Crippen LogP contribution in [-0.4, -0.2) is 20.7 Å². The molecule has 1 heterocycles. The van der Waals surface area contributed by atoms with Crippen molar-refractivity contribution >= 4 is 50.9 Å². The number of nitrogens with one attached hydrogen (secondary N) is 1. The van der Waals surface area contributed by atoms with Crippen molar-refractivity contribution in [1.82, 2.24) is 14.8 Å². The summed E-state index contributed by atoms with van der Waals surface area (Å²) in [7, 11) is 0. The van der Waals surface area contributed by atoms with E-state index in [1.54, 1.807) is 24.3 Å². The molecule has 0 aliphatic carbocycles. The van der Waals surface area contributed by atoms with Crippen LogP contribution in [0.25, 0.3) is 0 Å². The molecule has 0 saturated carbocycles. The Balaban J connectivity index is 1.57. The molecule has 0 fully saturated rings. The highest BCUT2D eigenvalue weighted by Crippen LogP contribution is 2.33. The Hall–Kier alpha value is -2.61. The molecule has 1 N–H and O–H groups in total. The molecule has 30 heavy (non-hydrogen) atoms. The molecule has 3 aromatic carbocycles. The Morgan fingerprint density at radius 1 is 1.03 bits per heavy atom. The van der Waals surface area contributed by atoms with Crippen molar-refractivity contribution in [3.63, 3.8) is 0 Å². The minimum absolute atomic E-state index is 0.225. The van der Waals surface area contributed by atoms with Gasteiger partial charge in [-0.2, -0.15) is 4.98 Å². The normalized spacial score (nSPS) is 10.7. The molecule has 0 spiro atoms. The number of hydrogen-bond acceptors (Lipinski definition) is 4. The van der Waals surface area contributed by atoms with E-state index in [0.717, 1.165) is 15.6 Å². The van der Waals surface area contributed by atoms with E-state index in [1.807, 2.05) is 59.3 Å². The van der Waals surface area contributed by atoms with Gasteiger partial charge in [0.2, 0.25) is 4.73 Å². The van der Waals surface area contributed by atoms with Crippen molar-refractivity contribution in [2.24, 2.45) is 0 Å². The molecule has 4 aromatic rings. The van der Waals surface area contributed by atoms with E-state index in [2.05, 4.69) is 31.3 Å². The first-order valence-corrected chi connectivity index (χ1v) is 11.1. The molecule has 0 aliphatic heterocycles. The number of carbonyl (C=O) groups is 1. The van der Waals surface area contributed by atoms with E-state index in [0.29, 0.717) is 27.6 Å². The first-order chi connectivity index (χ1) is 14.6. The summed E-state index contributed by atoms with van der Waals surface area (Å²) in [6, 6.07) is 24.5. The number of aromatic nitrogens is 3. The summed E-state index contributed by atoms with van der Waals surface area (Å²) in [4.78, 5) is 18.0. The molecule has 0 bridgehead atoms. The molecular formula is C22H16BrClN4OS. The van der Waals surface area contributed by atoms with Gasteiger partial charge in [-0.05, 0) is 63.6 Å². The van der Waals surface area contributed by atoms with Crippen LogP contribution in [0, 0.1) is 0 Å². The fourth-order valence-electron chi connectivity index (χ4n) is 2.82. The van der Waals surface area contributed by atoms with Crippen LogP contribution in [0.5, 0.6) is 0 Å². The summed E-state index contributed by atoms with van der Waals surface area (Å²) in [5.74, 6) is -0.225. The third kappa shape index (κ3) is 5.11. The number of nitrogens with zero attached hydrogens (tertiary/aromatic N) is 3. The van der Waals surface area contributed by atoms with E-state index in [-0.39, 0.29) is 5.91 Å². The fourth-order valence-corrected chi connectivity index (χ4v) is 4.40. The lowest BCUT2D eigenvalue weighted by Crippen LogP contribution is -2.12. The van der Waals surface area contributed by atoms with Crippen LogP contribution >= 0.6 is 39.3 Å². The van der Waals surface area contributed by atoms with Crippen molar-refractivity contribution in [3.8, 4) is 0 Å². The molecule has 0 radical (unpaired) electrons. The van der Waals surface area contributed by atoms with Crippen LogP contribution in [0.15, 0.2) is 93.6 Å². The van der Waals surface area contributed by atoms with E-state index in [4.69, 9.17) is 11.6 Å². The number of para-hydroxylation sites is 1. The van der Waals surface area contributed by atoms with Crippen molar-refractivity contribution < 1.29 is 4.79 Å². The molecule has 150 valence electrons. The van der Waals surface area contributed by atoms with Crippen molar-refractivity contribution in [2.75, 3.05) is 5.32 Å². The topological polar surface area (TPSA) is 59.8 Å². The zero-order valence-corrected chi connectivity index (χ0v) is 18.8. The van der Waals surface area contributed by atoms with Crippen molar-refractivity contribution in [1.29, 1.82) is 0 Å². The predicted molar refractivity (Wildman–Crippen MR) is 123 cm³/mol. The average Bonchev–Trinajstić information content (AvgIpc) is 3.08. The molecule has 0 atom stereocenters. The zero-order chi connectivity index (χ0) is 20.9. The summed E-state index contributed by atoms with van der Waals surface area (Å²) in [6.07, 6.45) is 0. The second-order valence-electron chi connectivity index (χ2n) is 6.37. The first-order valence-electron chi connectivity index (χ1n) is 9.06. The minimum Gasteiger partial charge on any atom is -0.321 e. The number of hydrogen-bond donors (Lipinski definition) is 1. The minimum atomic E-state index is -0.225. The van der Waals surface area contributed by atoms with Crippen LogP contribution < -0.4 is 5.32 Å². The summed E-state index contributed by atoms with van der Waals surface area (Å²) in [5, 5.41) is 8.65. The molecule has 0 unspecified atom stereocenters. The van der Waals surface area contributed by atoms with Gasteiger partial charge < -0.3 is 5.32 Å². The Bertz CT molecular complexity index is 1180. The average molecular weight is 500 g/mol.